The quantitative estimate of drug-likeness (QED) is 0.586. The van der Waals surface area contributed by atoms with E-state index in [1.165, 1.54) is 23.6 Å². The van der Waals surface area contributed by atoms with E-state index in [2.05, 4.69) is 14.4 Å². The van der Waals surface area contributed by atoms with Crippen molar-refractivity contribution in [3.05, 3.63) is 35.1 Å². The fourth-order valence-electron chi connectivity index (χ4n) is 1.60. The van der Waals surface area contributed by atoms with Crippen LogP contribution in [-0.2, 0) is 17.5 Å². The number of hydrogen-bond acceptors (Lipinski definition) is 5. The first-order valence-electron chi connectivity index (χ1n) is 6.95. The molecule has 0 saturated heterocycles. The number of aromatic nitrogens is 2. The second-order valence-corrected chi connectivity index (χ2v) is 8.93. The molecule has 0 N–H and O–H groups in total. The van der Waals surface area contributed by atoms with E-state index in [1.807, 2.05) is 20.8 Å². The van der Waals surface area contributed by atoms with Gasteiger partial charge in [0.2, 0.25) is 0 Å². The number of rotatable bonds is 3. The number of alkyl halides is 3. The Labute approximate surface area is 145 Å². The summed E-state index contributed by atoms with van der Waals surface area (Å²) in [6.07, 6.45) is -1.88. The molecule has 0 aromatic carbocycles. The van der Waals surface area contributed by atoms with Crippen molar-refractivity contribution in [2.24, 2.45) is 4.40 Å². The standard InChI is InChI=1S/C15H16F3N3OS2/c1-9(21-24(22)14(2,3)4)11-8-20-13(23-11)10-5-6-19-12(7-10)15(16,17)18/h5-8H,1-4H3. The van der Waals surface area contributed by atoms with E-state index in [4.69, 9.17) is 0 Å². The maximum absolute atomic E-state index is 12.7. The van der Waals surface area contributed by atoms with Gasteiger partial charge in [0.1, 0.15) is 32.5 Å². The van der Waals surface area contributed by atoms with Gasteiger partial charge in [-0.05, 0) is 39.8 Å². The Bertz CT molecular complexity index is 751. The maximum atomic E-state index is 12.7. The first kappa shape index (κ1) is 18.9. The van der Waals surface area contributed by atoms with E-state index in [0.717, 1.165) is 12.3 Å². The van der Waals surface area contributed by atoms with Gasteiger partial charge in [0.05, 0.1) is 4.88 Å². The average molecular weight is 375 g/mol. The number of halogens is 3. The molecule has 0 bridgehead atoms. The van der Waals surface area contributed by atoms with Gasteiger partial charge in [-0.25, -0.2) is 4.98 Å². The van der Waals surface area contributed by atoms with Crippen LogP contribution in [-0.4, -0.2) is 25.0 Å². The minimum atomic E-state index is -4.50. The summed E-state index contributed by atoms with van der Waals surface area (Å²) in [5.41, 5.74) is -0.0913. The normalized spacial score (nSPS) is 14.8. The van der Waals surface area contributed by atoms with Crippen molar-refractivity contribution >= 4 is 28.4 Å². The molecule has 0 spiro atoms. The molecule has 2 rings (SSSR count). The van der Waals surface area contributed by atoms with Gasteiger partial charge >= 0.3 is 6.18 Å². The summed E-state index contributed by atoms with van der Waals surface area (Å²) >= 11 is -0.216. The lowest BCUT2D eigenvalue weighted by atomic mass is 10.2. The van der Waals surface area contributed by atoms with E-state index < -0.39 is 28.0 Å². The van der Waals surface area contributed by atoms with Crippen LogP contribution in [0.4, 0.5) is 13.2 Å². The van der Waals surface area contributed by atoms with Crippen LogP contribution in [0.2, 0.25) is 0 Å². The van der Waals surface area contributed by atoms with Crippen molar-refractivity contribution in [1.82, 2.24) is 9.97 Å². The van der Waals surface area contributed by atoms with Crippen LogP contribution in [0.5, 0.6) is 0 Å². The molecule has 0 fully saturated rings. The van der Waals surface area contributed by atoms with Gasteiger partial charge in [-0.2, -0.15) is 13.2 Å². The highest BCUT2D eigenvalue weighted by Gasteiger charge is 2.32. The fraction of sp³-hybridized carbons (Fsp3) is 0.400. The molecular weight excluding hydrogens is 359 g/mol. The van der Waals surface area contributed by atoms with Crippen LogP contribution in [0.15, 0.2) is 28.9 Å². The summed E-state index contributed by atoms with van der Waals surface area (Å²) in [6.45, 7) is 7.14. The third-order valence-electron chi connectivity index (χ3n) is 2.90. The second kappa shape index (κ2) is 6.81. The lowest BCUT2D eigenvalue weighted by Crippen LogP contribution is -2.26. The summed E-state index contributed by atoms with van der Waals surface area (Å²) in [4.78, 5) is 8.14. The third-order valence-corrected chi connectivity index (χ3v) is 5.55. The smallest absolute Gasteiger partial charge is 0.433 e. The van der Waals surface area contributed by atoms with Crippen LogP contribution in [0.25, 0.3) is 10.6 Å². The molecule has 1 atom stereocenters. The van der Waals surface area contributed by atoms with E-state index in [-0.39, 0.29) is 0 Å². The molecule has 2 aromatic rings. The van der Waals surface area contributed by atoms with Gasteiger partial charge in [0.15, 0.2) is 0 Å². The molecule has 0 aliphatic rings. The summed E-state index contributed by atoms with van der Waals surface area (Å²) in [5.74, 6) is 0. The minimum Gasteiger partial charge on any atom is -0.591 e. The largest absolute Gasteiger partial charge is 0.591 e. The van der Waals surface area contributed by atoms with Crippen LogP contribution < -0.4 is 0 Å². The molecule has 0 saturated carbocycles. The zero-order valence-corrected chi connectivity index (χ0v) is 15.1. The molecule has 24 heavy (non-hydrogen) atoms. The number of hydrogen-bond donors (Lipinski definition) is 0. The molecule has 2 heterocycles. The number of thiazole rings is 1. The van der Waals surface area contributed by atoms with Gasteiger partial charge in [0.25, 0.3) is 0 Å². The fourth-order valence-corrected chi connectivity index (χ4v) is 3.14. The third kappa shape index (κ3) is 4.55. The second-order valence-electron chi connectivity index (χ2n) is 6.00. The van der Waals surface area contributed by atoms with Crippen LogP contribution in [0.1, 0.15) is 38.3 Å². The molecule has 2 aromatic heterocycles. The van der Waals surface area contributed by atoms with Crippen molar-refractivity contribution in [3.8, 4) is 10.6 Å². The zero-order chi connectivity index (χ0) is 18.1. The lowest BCUT2D eigenvalue weighted by Gasteiger charge is -2.18. The van der Waals surface area contributed by atoms with Crippen molar-refractivity contribution in [2.75, 3.05) is 0 Å². The Morgan fingerprint density at radius 3 is 2.50 bits per heavy atom. The molecule has 0 amide bonds. The predicted molar refractivity (Wildman–Crippen MR) is 90.5 cm³/mol. The molecule has 4 nitrogen and oxygen atoms in total. The monoisotopic (exact) mass is 375 g/mol. The summed E-state index contributed by atoms with van der Waals surface area (Å²) < 4.78 is 53.9. The Kier molecular flexibility index (Phi) is 5.36. The first-order valence-corrected chi connectivity index (χ1v) is 8.88. The topological polar surface area (TPSA) is 61.2 Å². The summed E-state index contributed by atoms with van der Waals surface area (Å²) in [5, 5.41) is 0.425. The van der Waals surface area contributed by atoms with Gasteiger partial charge in [-0.15, -0.1) is 11.3 Å². The Morgan fingerprint density at radius 2 is 1.92 bits per heavy atom. The summed E-state index contributed by atoms with van der Waals surface area (Å²) in [6, 6.07) is 2.43. The van der Waals surface area contributed by atoms with Crippen LogP contribution in [0.3, 0.4) is 0 Å². The molecule has 0 aliphatic carbocycles. The molecule has 0 radical (unpaired) electrons. The lowest BCUT2D eigenvalue weighted by molar-refractivity contribution is -0.141. The zero-order valence-electron chi connectivity index (χ0n) is 13.5. The Morgan fingerprint density at radius 1 is 1.25 bits per heavy atom. The van der Waals surface area contributed by atoms with Crippen LogP contribution in [0, 0.1) is 0 Å². The molecule has 1 unspecified atom stereocenters. The highest BCUT2D eigenvalue weighted by molar-refractivity contribution is 7.91. The molecule has 130 valence electrons. The van der Waals surface area contributed by atoms with Crippen LogP contribution >= 0.6 is 11.3 Å². The van der Waals surface area contributed by atoms with Crippen molar-refractivity contribution in [1.29, 1.82) is 0 Å². The van der Waals surface area contributed by atoms with Gasteiger partial charge in [0, 0.05) is 18.0 Å². The highest BCUT2D eigenvalue weighted by atomic mass is 32.2. The van der Waals surface area contributed by atoms with Gasteiger partial charge in [-0.1, -0.05) is 4.40 Å². The molecule has 0 aliphatic heterocycles. The Hall–Kier alpha value is -1.45. The predicted octanol–water partition coefficient (Wildman–Crippen LogP) is 4.50. The molecule has 9 heteroatoms. The first-order chi connectivity index (χ1) is 11.0. The molecular formula is C15H16F3N3OS2. The SMILES string of the molecule is CC(=N[S+]([O-])C(C)(C)C)c1cnc(-c2ccnc(C(F)(F)F)c2)s1. The van der Waals surface area contributed by atoms with Crippen molar-refractivity contribution in [2.45, 2.75) is 38.6 Å². The summed E-state index contributed by atoms with van der Waals surface area (Å²) in [7, 11) is 0. The van der Waals surface area contributed by atoms with Crippen molar-refractivity contribution in [3.63, 3.8) is 0 Å². The number of pyridine rings is 1. The van der Waals surface area contributed by atoms with E-state index in [9.17, 15) is 17.7 Å². The van der Waals surface area contributed by atoms with Crippen molar-refractivity contribution < 1.29 is 17.7 Å². The highest BCUT2D eigenvalue weighted by Crippen LogP contribution is 2.32. The van der Waals surface area contributed by atoms with Gasteiger partial charge < -0.3 is 4.55 Å². The number of nitrogens with zero attached hydrogens (tertiary/aromatic N) is 3. The van der Waals surface area contributed by atoms with E-state index >= 15 is 0 Å². The van der Waals surface area contributed by atoms with E-state index in [1.54, 1.807) is 6.92 Å². The average Bonchev–Trinajstić information content (AvgIpc) is 2.95. The Balaban J connectivity index is 2.30. The minimum absolute atomic E-state index is 0.332. The van der Waals surface area contributed by atoms with Gasteiger partial charge in [-0.3, -0.25) is 4.98 Å². The van der Waals surface area contributed by atoms with E-state index in [0.29, 0.717) is 21.2 Å². The maximum Gasteiger partial charge on any atom is 0.433 e.